The molecule has 0 spiro atoms. The molecular formula is C72H115N21O20. The lowest BCUT2D eigenvalue weighted by Crippen LogP contribution is -2.62. The van der Waals surface area contributed by atoms with Crippen molar-refractivity contribution in [1.29, 1.82) is 0 Å². The Hall–Kier alpha value is -10.5. The number of aliphatic hydroxyl groups is 2. The molecule has 2 aromatic carbocycles. The summed E-state index contributed by atoms with van der Waals surface area (Å²) in [5, 5.41) is 67.0. The van der Waals surface area contributed by atoms with Crippen molar-refractivity contribution in [2.45, 2.75) is 172 Å². The van der Waals surface area contributed by atoms with E-state index in [2.05, 4.69) is 84.1 Å². The van der Waals surface area contributed by atoms with Crippen molar-refractivity contribution < 1.29 is 96.7 Å². The number of azide groups is 1. The number of nitrogens with two attached hydrogens (primary N) is 4. The molecule has 0 fully saturated rings. The first kappa shape index (κ1) is 96.7. The number of para-hydroxylation sites is 1. The van der Waals surface area contributed by atoms with Crippen LogP contribution in [-0.4, -0.2) is 268 Å². The molecular weight excluding hydrogens is 1480 g/mol. The summed E-state index contributed by atoms with van der Waals surface area (Å²) in [5.74, 6) is -14.9. The molecule has 41 nitrogen and oxygen atoms in total. The lowest BCUT2D eigenvalue weighted by molar-refractivity contribution is -0.142. The molecule has 113 heavy (non-hydrogen) atoms. The Labute approximate surface area is 654 Å². The number of carboxylic acid groups (broad SMARTS) is 1. The fourth-order valence-corrected chi connectivity index (χ4v) is 10.9. The molecule has 25 N–H and O–H groups in total. The summed E-state index contributed by atoms with van der Waals surface area (Å²) in [7, 11) is 0. The number of benzene rings is 2. The third-order valence-electron chi connectivity index (χ3n) is 17.8. The minimum atomic E-state index is -1.87. The number of nitrogens with zero attached hydrogens (tertiary/aromatic N) is 3. The summed E-state index contributed by atoms with van der Waals surface area (Å²) in [5.41, 5.74) is 33.5. The fourth-order valence-electron chi connectivity index (χ4n) is 10.9. The number of nitrogens with one attached hydrogen (secondary N) is 14. The Kier molecular flexibility index (Phi) is 45.1. The predicted octanol–water partition coefficient (Wildman–Crippen LogP) is -5.52. The summed E-state index contributed by atoms with van der Waals surface area (Å²) >= 11 is 0. The number of carbonyl (C=O) groups excluding carboxylic acids is 13. The molecule has 0 bridgehead atoms. The largest absolute Gasteiger partial charge is 0.480 e. The van der Waals surface area contributed by atoms with E-state index in [9.17, 15) is 82.4 Å². The average molecular weight is 1590 g/mol. The first-order chi connectivity index (χ1) is 53.9. The lowest BCUT2D eigenvalue weighted by atomic mass is 9.96. The van der Waals surface area contributed by atoms with Gasteiger partial charge in [-0.2, -0.15) is 0 Å². The van der Waals surface area contributed by atoms with Crippen LogP contribution in [-0.2, 0) is 94.2 Å². The molecule has 628 valence electrons. The number of fused-ring (bicyclic) bond motifs is 1. The normalized spacial score (nSPS) is 14.6. The van der Waals surface area contributed by atoms with Gasteiger partial charge >= 0.3 is 5.97 Å². The average Bonchev–Trinajstić information content (AvgIpc) is 1.73. The third-order valence-corrected chi connectivity index (χ3v) is 17.8. The molecule has 1 heterocycles. The van der Waals surface area contributed by atoms with E-state index < -0.39 is 200 Å². The van der Waals surface area contributed by atoms with E-state index in [1.54, 1.807) is 102 Å². The second kappa shape index (κ2) is 52.7. The highest BCUT2D eigenvalue weighted by atomic mass is 16.5. The Bertz CT molecular complexity index is 3620. The van der Waals surface area contributed by atoms with Crippen LogP contribution < -0.4 is 92.1 Å². The predicted molar refractivity (Wildman–Crippen MR) is 411 cm³/mol. The second-order valence-corrected chi connectivity index (χ2v) is 27.2. The van der Waals surface area contributed by atoms with Gasteiger partial charge in [-0.05, 0) is 92.7 Å². The number of amides is 13. The summed E-state index contributed by atoms with van der Waals surface area (Å²) < 4.78 is 16.3. The van der Waals surface area contributed by atoms with Crippen molar-refractivity contribution in [3.63, 3.8) is 0 Å². The van der Waals surface area contributed by atoms with Gasteiger partial charge in [0.2, 0.25) is 76.8 Å². The molecule has 41 heteroatoms. The van der Waals surface area contributed by atoms with Crippen molar-refractivity contribution in [3.8, 4) is 0 Å². The Morgan fingerprint density at radius 3 is 1.47 bits per heavy atom. The van der Waals surface area contributed by atoms with Gasteiger partial charge < -0.3 is 127 Å². The van der Waals surface area contributed by atoms with E-state index in [-0.39, 0.29) is 110 Å². The Balaban J connectivity index is 1.91. The van der Waals surface area contributed by atoms with E-state index in [1.165, 1.54) is 6.92 Å². The first-order valence-corrected chi connectivity index (χ1v) is 37.4. The molecule has 0 radical (unpaired) electrons. The zero-order chi connectivity index (χ0) is 84.1. The van der Waals surface area contributed by atoms with Gasteiger partial charge in [0.25, 0.3) is 0 Å². The van der Waals surface area contributed by atoms with Gasteiger partial charge in [-0.25, -0.2) is 0 Å². The third kappa shape index (κ3) is 35.0. The van der Waals surface area contributed by atoms with Crippen molar-refractivity contribution in [1.82, 2.24) is 74.1 Å². The van der Waals surface area contributed by atoms with Crippen LogP contribution in [0.25, 0.3) is 21.3 Å². The molecule has 0 saturated heterocycles. The van der Waals surface area contributed by atoms with E-state index in [4.69, 9.17) is 42.7 Å². The smallest absolute Gasteiger partial charge is 0.325 e. The maximum atomic E-state index is 14.9. The zero-order valence-electron chi connectivity index (χ0n) is 64.9. The van der Waals surface area contributed by atoms with Crippen LogP contribution in [0.15, 0.2) is 65.9 Å². The van der Waals surface area contributed by atoms with Crippen LogP contribution in [0.1, 0.15) is 98.1 Å². The molecule has 0 aliphatic rings. The van der Waals surface area contributed by atoms with Gasteiger partial charge in [-0.1, -0.05) is 102 Å². The molecule has 0 aliphatic carbocycles. The summed E-state index contributed by atoms with van der Waals surface area (Å²) in [6, 6.07) is -2.66. The van der Waals surface area contributed by atoms with Crippen molar-refractivity contribution >= 4 is 93.7 Å². The topological polar surface area (TPSA) is 652 Å². The van der Waals surface area contributed by atoms with Crippen LogP contribution in [0.3, 0.4) is 0 Å². The summed E-state index contributed by atoms with van der Waals surface area (Å²) in [6.07, 6.45) is -0.119. The summed E-state index contributed by atoms with van der Waals surface area (Å²) in [6.45, 7) is 9.02. The van der Waals surface area contributed by atoms with Crippen molar-refractivity contribution in [2.24, 2.45) is 45.8 Å². The Morgan fingerprint density at radius 1 is 0.487 bits per heavy atom. The number of carbonyl (C=O) groups is 14. The van der Waals surface area contributed by atoms with Gasteiger partial charge in [-0.15, -0.1) is 0 Å². The standard InChI is InChI=1S/C72H115N21O20/c1-8-42(6)60(71(108)82-43(7)72(109)110)92-70(107)59(41(4)5)91-64(101)48(18-19-56(96)78-26-28-111-30-32-113-33-31-112-29-27-81-93-77)84-65(102)52(34-44-14-10-9-11-15-44)88-63(100)51(22-25-75)85-62(99)50(21-24-74)86-68(105)55(39-95)90-66(103)53(35-45-36-79-47-17-13-12-16-46(45)47)89-67(104)54(38-94)83-57(97)37-80-61(98)49(20-23-73)87-69(106)58(76)40(2)3/h9-17,36,40-43,48-55,58-60,79,94-95H,8,18-35,37-39,73-76H2,1-7H3,(H,78,96)(H,80,98)(H,82,108)(H,83,97)(H,84,102)(H,85,99)(H,86,105)(H,87,106)(H,88,100)(H,89,104)(H,90,103)(H,91,101)(H,92,107)(H,109,110)/t42-,43-,48-,49+,50-,51+,52-,53+,54+,55-,58+,59-,60+/m0/s1. The minimum Gasteiger partial charge on any atom is -0.480 e. The highest BCUT2D eigenvalue weighted by molar-refractivity contribution is 6.00. The SMILES string of the molecule is CC[C@H](C)[C@@H](NC(=O)[C@@H](NC(=O)[C@H](CCC(=O)NCCOCCOCCOCCN=[N+]=[N-])NC(=O)[C@H](Cc1ccccc1)NC(=O)[C@@H](CCN)NC(=O)[C@H](CCN)NC(=O)[C@H](CO)NC(=O)[C@@H](Cc1c[nH]c2ccccc12)NC(=O)[C@@H](CO)NC(=O)CNC(=O)[C@@H](CCN)NC(=O)[C@H](N)C(C)C)C(C)C)C(=O)N[C@@H](C)C(=O)O. The van der Waals surface area contributed by atoms with Crippen LogP contribution in [0.5, 0.6) is 0 Å². The maximum Gasteiger partial charge on any atom is 0.325 e. The van der Waals surface area contributed by atoms with Gasteiger partial charge in [0.05, 0.1) is 65.4 Å². The fraction of sp³-hybridized carbons (Fsp3) is 0.611. The molecule has 0 aliphatic heterocycles. The molecule has 13 amide bonds. The number of carboxylic acids is 1. The maximum absolute atomic E-state index is 14.9. The second-order valence-electron chi connectivity index (χ2n) is 27.2. The van der Waals surface area contributed by atoms with E-state index in [0.717, 1.165) is 0 Å². The van der Waals surface area contributed by atoms with Crippen LogP contribution in [0.4, 0.5) is 0 Å². The summed E-state index contributed by atoms with van der Waals surface area (Å²) in [4.78, 5) is 198. The van der Waals surface area contributed by atoms with Crippen LogP contribution >= 0.6 is 0 Å². The molecule has 13 atom stereocenters. The van der Waals surface area contributed by atoms with Crippen LogP contribution in [0, 0.1) is 17.8 Å². The quantitative estimate of drug-likeness (QED) is 0.0108. The molecule has 3 rings (SSSR count). The minimum absolute atomic E-state index is 0.00605. The molecule has 1 aromatic heterocycles. The highest BCUT2D eigenvalue weighted by Crippen LogP contribution is 2.20. The zero-order valence-corrected chi connectivity index (χ0v) is 64.9. The van der Waals surface area contributed by atoms with E-state index in [0.29, 0.717) is 28.5 Å². The number of aromatic amines is 1. The molecule has 3 aromatic rings. The number of hydrogen-bond acceptors (Lipinski definition) is 24. The Morgan fingerprint density at radius 2 is 0.938 bits per heavy atom. The number of aromatic nitrogens is 1. The number of H-pyrrole nitrogens is 1. The van der Waals surface area contributed by atoms with Gasteiger partial charge in [0, 0.05) is 54.4 Å². The highest BCUT2D eigenvalue weighted by Gasteiger charge is 2.38. The molecule has 0 unspecified atom stereocenters. The number of aliphatic hydroxyl groups excluding tert-OH is 2. The van der Waals surface area contributed by atoms with E-state index >= 15 is 0 Å². The molecule has 0 saturated carbocycles. The first-order valence-electron chi connectivity index (χ1n) is 37.4. The lowest BCUT2D eigenvalue weighted by Gasteiger charge is -2.30. The van der Waals surface area contributed by atoms with Gasteiger partial charge in [-0.3, -0.25) is 67.1 Å². The number of hydrogen-bond donors (Lipinski definition) is 21. The van der Waals surface area contributed by atoms with E-state index in [1.807, 2.05) is 0 Å². The number of aliphatic carboxylic acids is 1. The monoisotopic (exact) mass is 1590 g/mol. The number of ether oxygens (including phenoxy) is 3. The van der Waals surface area contributed by atoms with Crippen molar-refractivity contribution in [3.05, 3.63) is 82.4 Å². The van der Waals surface area contributed by atoms with Crippen LogP contribution in [0.2, 0.25) is 0 Å². The van der Waals surface area contributed by atoms with Gasteiger partial charge in [0.15, 0.2) is 0 Å². The van der Waals surface area contributed by atoms with Crippen molar-refractivity contribution in [2.75, 3.05) is 92.1 Å². The number of rotatable bonds is 56. The van der Waals surface area contributed by atoms with Gasteiger partial charge in [0.1, 0.15) is 66.5 Å².